The van der Waals surface area contributed by atoms with Crippen molar-refractivity contribution < 1.29 is 9.59 Å². The van der Waals surface area contributed by atoms with Crippen LogP contribution in [0.5, 0.6) is 0 Å². The van der Waals surface area contributed by atoms with Gasteiger partial charge in [-0.3, -0.25) is 9.59 Å². The van der Waals surface area contributed by atoms with Gasteiger partial charge >= 0.3 is 11.8 Å². The van der Waals surface area contributed by atoms with Crippen LogP contribution in [0.15, 0.2) is 0 Å². The third kappa shape index (κ3) is 2.54. The van der Waals surface area contributed by atoms with Crippen LogP contribution in [-0.4, -0.2) is 47.8 Å². The molecular formula is C12H20N2O2. The summed E-state index contributed by atoms with van der Waals surface area (Å²) in [5.74, 6) is -0.553. The number of rotatable bonds is 0. The second-order valence-electron chi connectivity index (χ2n) is 4.71. The van der Waals surface area contributed by atoms with Crippen LogP contribution in [0.4, 0.5) is 0 Å². The summed E-state index contributed by atoms with van der Waals surface area (Å²) < 4.78 is 0. The lowest BCUT2D eigenvalue weighted by molar-refractivity contribution is -0.151. The Bertz CT molecular complexity index is 264. The fourth-order valence-electron chi connectivity index (χ4n) is 2.46. The summed E-state index contributed by atoms with van der Waals surface area (Å²) in [5, 5.41) is 0. The van der Waals surface area contributed by atoms with Gasteiger partial charge in [0.2, 0.25) is 0 Å². The molecule has 2 heterocycles. The van der Waals surface area contributed by atoms with Gasteiger partial charge in [-0.05, 0) is 25.7 Å². The molecule has 0 aromatic heterocycles. The van der Waals surface area contributed by atoms with Gasteiger partial charge in [-0.25, -0.2) is 0 Å². The standard InChI is InChI=1S/C12H20N2O2/c15-11(12(16)14-9-5-6-10-14)13-7-3-1-2-4-8-13/h1-10H2. The van der Waals surface area contributed by atoms with Crippen molar-refractivity contribution >= 4 is 11.8 Å². The molecule has 16 heavy (non-hydrogen) atoms. The molecule has 2 aliphatic rings. The first-order valence-electron chi connectivity index (χ1n) is 6.37. The maximum atomic E-state index is 12.0. The average molecular weight is 224 g/mol. The molecule has 4 heteroatoms. The lowest BCUT2D eigenvalue weighted by atomic mass is 10.2. The van der Waals surface area contributed by atoms with Gasteiger partial charge in [-0.15, -0.1) is 0 Å². The maximum absolute atomic E-state index is 12.0. The number of carbonyl (C=O) groups is 2. The summed E-state index contributed by atoms with van der Waals surface area (Å²) in [4.78, 5) is 27.3. The van der Waals surface area contributed by atoms with E-state index in [1.165, 1.54) is 12.8 Å². The minimum atomic E-state index is -0.278. The topological polar surface area (TPSA) is 40.6 Å². The van der Waals surface area contributed by atoms with Crippen molar-refractivity contribution in [1.29, 1.82) is 0 Å². The second kappa shape index (κ2) is 5.32. The third-order valence-electron chi connectivity index (χ3n) is 3.47. The van der Waals surface area contributed by atoms with Gasteiger partial charge in [-0.1, -0.05) is 12.8 Å². The Kier molecular flexibility index (Phi) is 3.80. The molecule has 2 rings (SSSR count). The number of amides is 2. The summed E-state index contributed by atoms with van der Waals surface area (Å²) in [6.07, 6.45) is 6.53. The Labute approximate surface area is 96.6 Å². The second-order valence-corrected chi connectivity index (χ2v) is 4.71. The zero-order valence-electron chi connectivity index (χ0n) is 9.78. The fourth-order valence-corrected chi connectivity index (χ4v) is 2.46. The van der Waals surface area contributed by atoms with Crippen molar-refractivity contribution in [1.82, 2.24) is 9.80 Å². The Morgan fingerprint density at radius 2 is 0.875 bits per heavy atom. The molecule has 2 saturated heterocycles. The van der Waals surface area contributed by atoms with Crippen LogP contribution < -0.4 is 0 Å². The van der Waals surface area contributed by atoms with E-state index in [9.17, 15) is 9.59 Å². The van der Waals surface area contributed by atoms with E-state index in [2.05, 4.69) is 0 Å². The molecule has 0 unspecified atom stereocenters. The van der Waals surface area contributed by atoms with Crippen LogP contribution in [0.3, 0.4) is 0 Å². The third-order valence-corrected chi connectivity index (χ3v) is 3.47. The van der Waals surface area contributed by atoms with E-state index >= 15 is 0 Å². The summed E-state index contributed by atoms with van der Waals surface area (Å²) in [6, 6.07) is 0. The van der Waals surface area contributed by atoms with E-state index in [1.807, 2.05) is 0 Å². The molecule has 0 spiro atoms. The molecule has 2 amide bonds. The van der Waals surface area contributed by atoms with Crippen LogP contribution in [0.1, 0.15) is 38.5 Å². The zero-order valence-corrected chi connectivity index (χ0v) is 9.78. The highest BCUT2D eigenvalue weighted by Gasteiger charge is 2.28. The highest BCUT2D eigenvalue weighted by molar-refractivity contribution is 6.34. The minimum Gasteiger partial charge on any atom is -0.334 e. The van der Waals surface area contributed by atoms with E-state index < -0.39 is 0 Å². The monoisotopic (exact) mass is 224 g/mol. The largest absolute Gasteiger partial charge is 0.334 e. The Morgan fingerprint density at radius 1 is 0.562 bits per heavy atom. The molecule has 2 fully saturated rings. The van der Waals surface area contributed by atoms with Gasteiger partial charge in [0.25, 0.3) is 0 Å². The number of hydrogen-bond donors (Lipinski definition) is 0. The number of carbonyl (C=O) groups excluding carboxylic acids is 2. The smallest absolute Gasteiger partial charge is 0.312 e. The Morgan fingerprint density at radius 3 is 1.25 bits per heavy atom. The molecule has 0 bridgehead atoms. The number of nitrogens with zero attached hydrogens (tertiary/aromatic N) is 2. The molecule has 2 aliphatic heterocycles. The van der Waals surface area contributed by atoms with E-state index in [-0.39, 0.29) is 11.8 Å². The maximum Gasteiger partial charge on any atom is 0.312 e. The molecule has 0 aliphatic carbocycles. The number of likely N-dealkylation sites (tertiary alicyclic amines) is 2. The van der Waals surface area contributed by atoms with Crippen molar-refractivity contribution in [2.24, 2.45) is 0 Å². The molecule has 0 aromatic carbocycles. The first-order chi connectivity index (χ1) is 7.79. The molecule has 0 saturated carbocycles. The van der Waals surface area contributed by atoms with Gasteiger partial charge in [0.15, 0.2) is 0 Å². The molecule has 0 N–H and O–H groups in total. The average Bonchev–Trinajstić information content (AvgIpc) is 2.70. The van der Waals surface area contributed by atoms with Gasteiger partial charge in [0.05, 0.1) is 0 Å². The van der Waals surface area contributed by atoms with Gasteiger partial charge < -0.3 is 9.80 Å². The van der Waals surface area contributed by atoms with Gasteiger partial charge in [-0.2, -0.15) is 0 Å². The first kappa shape index (κ1) is 11.4. The number of hydrogen-bond acceptors (Lipinski definition) is 2. The van der Waals surface area contributed by atoms with Crippen LogP contribution >= 0.6 is 0 Å². The first-order valence-corrected chi connectivity index (χ1v) is 6.37. The van der Waals surface area contributed by atoms with Crippen molar-refractivity contribution in [3.8, 4) is 0 Å². The van der Waals surface area contributed by atoms with E-state index in [4.69, 9.17) is 0 Å². The lowest BCUT2D eigenvalue weighted by Crippen LogP contribution is -2.44. The molecule has 0 radical (unpaired) electrons. The van der Waals surface area contributed by atoms with Gasteiger partial charge in [0.1, 0.15) is 0 Å². The van der Waals surface area contributed by atoms with Crippen LogP contribution in [-0.2, 0) is 9.59 Å². The summed E-state index contributed by atoms with van der Waals surface area (Å²) in [6.45, 7) is 3.05. The van der Waals surface area contributed by atoms with Crippen LogP contribution in [0, 0.1) is 0 Å². The predicted octanol–water partition coefficient (Wildman–Crippen LogP) is 1.01. The van der Waals surface area contributed by atoms with Gasteiger partial charge in [0, 0.05) is 26.2 Å². The zero-order chi connectivity index (χ0) is 11.4. The highest BCUT2D eigenvalue weighted by Crippen LogP contribution is 2.13. The summed E-state index contributed by atoms with van der Waals surface area (Å²) in [5.41, 5.74) is 0. The molecule has 0 aromatic rings. The van der Waals surface area contributed by atoms with Crippen molar-refractivity contribution in [2.45, 2.75) is 38.5 Å². The molecule has 90 valence electrons. The fraction of sp³-hybridized carbons (Fsp3) is 0.833. The van der Waals surface area contributed by atoms with Crippen molar-refractivity contribution in [3.63, 3.8) is 0 Å². The van der Waals surface area contributed by atoms with E-state index in [0.717, 1.165) is 51.9 Å². The molecule has 0 atom stereocenters. The summed E-state index contributed by atoms with van der Waals surface area (Å²) >= 11 is 0. The lowest BCUT2D eigenvalue weighted by Gasteiger charge is -2.22. The summed E-state index contributed by atoms with van der Waals surface area (Å²) in [7, 11) is 0. The van der Waals surface area contributed by atoms with Crippen LogP contribution in [0.2, 0.25) is 0 Å². The van der Waals surface area contributed by atoms with Crippen molar-refractivity contribution in [3.05, 3.63) is 0 Å². The normalized spacial score (nSPS) is 22.0. The van der Waals surface area contributed by atoms with Crippen LogP contribution in [0.25, 0.3) is 0 Å². The minimum absolute atomic E-state index is 0.274. The quantitative estimate of drug-likeness (QED) is 0.576. The van der Waals surface area contributed by atoms with E-state index in [0.29, 0.717) is 0 Å². The Hall–Kier alpha value is -1.06. The molecular weight excluding hydrogens is 204 g/mol. The van der Waals surface area contributed by atoms with E-state index in [1.54, 1.807) is 9.80 Å². The molecule has 4 nitrogen and oxygen atoms in total. The predicted molar refractivity (Wildman–Crippen MR) is 60.9 cm³/mol. The SMILES string of the molecule is O=C(C(=O)N1CCCC1)N1CCCCCC1. The Balaban J connectivity index is 1.91. The highest BCUT2D eigenvalue weighted by atomic mass is 16.2. The van der Waals surface area contributed by atoms with Crippen molar-refractivity contribution in [2.75, 3.05) is 26.2 Å².